The first kappa shape index (κ1) is 20.9. The molecular weight excluding hydrogens is 402 g/mol. The molecule has 1 aromatic carbocycles. The molecule has 0 saturated heterocycles. The van der Waals surface area contributed by atoms with E-state index >= 15 is 0 Å². The monoisotopic (exact) mass is 433 g/mol. The first-order chi connectivity index (χ1) is 15.5. The van der Waals surface area contributed by atoms with E-state index in [1.807, 2.05) is 35.8 Å². The molecule has 0 radical (unpaired) electrons. The van der Waals surface area contributed by atoms with Crippen LogP contribution in [0.1, 0.15) is 55.6 Å². The fourth-order valence-corrected chi connectivity index (χ4v) is 5.36. The van der Waals surface area contributed by atoms with Crippen LogP contribution in [0.2, 0.25) is 0 Å². The fraction of sp³-hybridized carbons (Fsp3) is 0.462. The van der Waals surface area contributed by atoms with Crippen LogP contribution in [0.3, 0.4) is 0 Å². The zero-order valence-corrected chi connectivity index (χ0v) is 18.8. The van der Waals surface area contributed by atoms with Gasteiger partial charge in [-0.15, -0.1) is 0 Å². The van der Waals surface area contributed by atoms with E-state index in [9.17, 15) is 9.59 Å². The maximum Gasteiger partial charge on any atom is 0.271 e. The molecule has 3 atom stereocenters. The Morgan fingerprint density at radius 1 is 1.19 bits per heavy atom. The highest BCUT2D eigenvalue weighted by atomic mass is 16.3. The number of fused-ring (bicyclic) bond motifs is 3. The molecule has 3 aromatic rings. The molecule has 1 fully saturated rings. The third kappa shape index (κ3) is 3.51. The van der Waals surface area contributed by atoms with Gasteiger partial charge in [-0.05, 0) is 37.7 Å². The largest absolute Gasteiger partial charge is 0.463 e. The molecule has 0 bridgehead atoms. The number of aromatic nitrogens is 1. The zero-order chi connectivity index (χ0) is 22.3. The van der Waals surface area contributed by atoms with Crippen molar-refractivity contribution in [2.45, 2.75) is 64.1 Å². The second-order valence-corrected chi connectivity index (χ2v) is 9.59. The highest BCUT2D eigenvalue weighted by molar-refractivity contribution is 6.02. The van der Waals surface area contributed by atoms with Crippen molar-refractivity contribution >= 4 is 22.9 Å². The molecule has 2 aromatic heterocycles. The highest BCUT2D eigenvalue weighted by Gasteiger charge is 2.48. The average Bonchev–Trinajstić information content (AvgIpc) is 3.38. The summed E-state index contributed by atoms with van der Waals surface area (Å²) in [4.78, 5) is 29.2. The van der Waals surface area contributed by atoms with Crippen LogP contribution in [0, 0.1) is 5.92 Å². The van der Waals surface area contributed by atoms with E-state index < -0.39 is 5.54 Å². The molecule has 3 heterocycles. The Morgan fingerprint density at radius 3 is 2.75 bits per heavy atom. The summed E-state index contributed by atoms with van der Waals surface area (Å²) in [5, 5.41) is 3.32. The molecule has 6 nitrogen and oxygen atoms in total. The predicted molar refractivity (Wildman–Crippen MR) is 123 cm³/mol. The summed E-state index contributed by atoms with van der Waals surface area (Å²) in [6.45, 7) is 5.02. The maximum absolute atomic E-state index is 13.8. The molecule has 1 saturated carbocycles. The first-order valence-electron chi connectivity index (χ1n) is 11.7. The Balaban J connectivity index is 1.48. The van der Waals surface area contributed by atoms with E-state index in [4.69, 9.17) is 4.42 Å². The van der Waals surface area contributed by atoms with E-state index in [-0.39, 0.29) is 17.9 Å². The summed E-state index contributed by atoms with van der Waals surface area (Å²) in [6.07, 6.45) is 6.83. The number of nitrogens with one attached hydrogen (secondary N) is 1. The van der Waals surface area contributed by atoms with Gasteiger partial charge in [0, 0.05) is 24.7 Å². The van der Waals surface area contributed by atoms with Crippen LogP contribution in [0.15, 0.2) is 53.1 Å². The van der Waals surface area contributed by atoms with Gasteiger partial charge in [-0.3, -0.25) is 9.59 Å². The number of hydrogen-bond donors (Lipinski definition) is 1. The summed E-state index contributed by atoms with van der Waals surface area (Å²) < 4.78 is 7.50. The average molecular weight is 434 g/mol. The van der Waals surface area contributed by atoms with Gasteiger partial charge >= 0.3 is 0 Å². The molecule has 3 unspecified atom stereocenters. The van der Waals surface area contributed by atoms with Crippen LogP contribution in [-0.4, -0.2) is 39.4 Å². The molecule has 0 spiro atoms. The van der Waals surface area contributed by atoms with Gasteiger partial charge in [0.1, 0.15) is 11.2 Å². The van der Waals surface area contributed by atoms with Crippen molar-refractivity contribution in [3.05, 3.63) is 60.0 Å². The Bertz CT molecular complexity index is 1130. The number of rotatable bonds is 5. The number of carbonyl (C=O) groups is 2. The number of nitrogens with zero attached hydrogens (tertiary/aromatic N) is 2. The summed E-state index contributed by atoms with van der Waals surface area (Å²) in [5.41, 5.74) is 2.31. The number of amides is 2. The maximum atomic E-state index is 13.8. The van der Waals surface area contributed by atoms with E-state index in [2.05, 4.69) is 24.4 Å². The number of carbonyl (C=O) groups excluding carboxylic acids is 2. The van der Waals surface area contributed by atoms with Crippen molar-refractivity contribution in [3.63, 3.8) is 0 Å². The Kier molecular flexibility index (Phi) is 5.31. The Morgan fingerprint density at radius 2 is 1.97 bits per heavy atom. The lowest BCUT2D eigenvalue weighted by atomic mass is 9.85. The van der Waals surface area contributed by atoms with Gasteiger partial charge in [0.05, 0.1) is 18.3 Å². The zero-order valence-electron chi connectivity index (χ0n) is 18.8. The molecular formula is C26H31N3O3. The lowest BCUT2D eigenvalue weighted by molar-refractivity contribution is -0.134. The van der Waals surface area contributed by atoms with Crippen LogP contribution in [-0.2, 0) is 17.8 Å². The quantitative estimate of drug-likeness (QED) is 0.649. The third-order valence-electron chi connectivity index (χ3n) is 7.43. The number of hydrogen-bond acceptors (Lipinski definition) is 3. The van der Waals surface area contributed by atoms with Gasteiger partial charge < -0.3 is 19.2 Å². The van der Waals surface area contributed by atoms with Crippen LogP contribution in [0.4, 0.5) is 0 Å². The molecule has 1 aliphatic carbocycles. The second-order valence-electron chi connectivity index (χ2n) is 9.59. The number of benzene rings is 1. The van der Waals surface area contributed by atoms with Gasteiger partial charge in [0.25, 0.3) is 5.91 Å². The summed E-state index contributed by atoms with van der Waals surface area (Å²) in [7, 11) is 0. The minimum absolute atomic E-state index is 0.0614. The van der Waals surface area contributed by atoms with Crippen molar-refractivity contribution in [1.29, 1.82) is 0 Å². The van der Waals surface area contributed by atoms with Crippen LogP contribution >= 0.6 is 0 Å². The molecule has 168 valence electrons. The van der Waals surface area contributed by atoms with Gasteiger partial charge in [0.15, 0.2) is 5.58 Å². The smallest absolute Gasteiger partial charge is 0.271 e. The molecule has 1 N–H and O–H groups in total. The van der Waals surface area contributed by atoms with Crippen LogP contribution in [0.5, 0.6) is 0 Å². The Hall–Kier alpha value is -3.02. The lowest BCUT2D eigenvalue weighted by Gasteiger charge is -2.45. The van der Waals surface area contributed by atoms with E-state index in [1.54, 1.807) is 17.2 Å². The van der Waals surface area contributed by atoms with Gasteiger partial charge in [-0.2, -0.15) is 0 Å². The molecule has 5 rings (SSSR count). The van der Waals surface area contributed by atoms with Crippen molar-refractivity contribution in [2.75, 3.05) is 6.54 Å². The second kappa shape index (κ2) is 8.15. The van der Waals surface area contributed by atoms with Gasteiger partial charge in [-0.1, -0.05) is 50.1 Å². The highest BCUT2D eigenvalue weighted by Crippen LogP contribution is 2.34. The lowest BCUT2D eigenvalue weighted by Crippen LogP contribution is -2.65. The SMILES string of the molecule is CC1CCCCC1NC(=O)C1(C)Cn2c(cc3occc32)C(=O)N1CCc1ccccc1. The topological polar surface area (TPSA) is 67.5 Å². The summed E-state index contributed by atoms with van der Waals surface area (Å²) in [5.74, 6) is 0.276. The van der Waals surface area contributed by atoms with Gasteiger partial charge in [0.2, 0.25) is 5.91 Å². The predicted octanol–water partition coefficient (Wildman–Crippen LogP) is 4.39. The minimum atomic E-state index is -0.973. The van der Waals surface area contributed by atoms with Crippen molar-refractivity contribution in [3.8, 4) is 0 Å². The fourth-order valence-electron chi connectivity index (χ4n) is 5.36. The van der Waals surface area contributed by atoms with Crippen LogP contribution < -0.4 is 5.32 Å². The van der Waals surface area contributed by atoms with E-state index in [0.29, 0.717) is 36.7 Å². The standard InChI is InChI=1S/C26H31N3O3/c1-18-8-6-7-11-20(18)27-25(31)26(2)17-28-21-13-15-32-23(21)16-22(28)24(30)29(26)14-12-19-9-4-3-5-10-19/h3-5,9-10,13,15-16,18,20H,6-8,11-12,14,17H2,1-2H3,(H,27,31). The van der Waals surface area contributed by atoms with E-state index in [0.717, 1.165) is 30.3 Å². The minimum Gasteiger partial charge on any atom is -0.463 e. The summed E-state index contributed by atoms with van der Waals surface area (Å²) >= 11 is 0. The van der Waals surface area contributed by atoms with Crippen molar-refractivity contribution in [1.82, 2.24) is 14.8 Å². The third-order valence-corrected chi connectivity index (χ3v) is 7.43. The normalized spacial score (nSPS) is 25.7. The van der Waals surface area contributed by atoms with Crippen LogP contribution in [0.25, 0.3) is 11.1 Å². The molecule has 6 heteroatoms. The van der Waals surface area contributed by atoms with Crippen molar-refractivity contribution < 1.29 is 14.0 Å². The first-order valence-corrected chi connectivity index (χ1v) is 11.7. The molecule has 2 aliphatic rings. The molecule has 1 aliphatic heterocycles. The number of furan rings is 1. The van der Waals surface area contributed by atoms with Crippen molar-refractivity contribution in [2.24, 2.45) is 5.92 Å². The Labute approximate surface area is 188 Å². The molecule has 32 heavy (non-hydrogen) atoms. The molecule has 2 amide bonds. The van der Waals surface area contributed by atoms with Gasteiger partial charge in [-0.25, -0.2) is 0 Å². The summed E-state index contributed by atoms with van der Waals surface area (Å²) in [6, 6.07) is 13.9. The van der Waals surface area contributed by atoms with E-state index in [1.165, 1.54) is 6.42 Å².